The smallest absolute Gasteiger partial charge is 0.410 e. The standard InChI is InChI=1S/C11H18FNO3.C11H23NO2/c1-10(2,3)16-9(15)13-6-4-11(12,8-14)5-7-13;1-8(2)9(12(6)7)10(13)14-11(3,4)5/h8H,4-7H2,1-3H3;8-9H,1-7H3. The fourth-order valence-corrected chi connectivity index (χ4v) is 2.95. The van der Waals surface area contributed by atoms with Crippen LogP contribution in [-0.2, 0) is 19.1 Å². The lowest BCUT2D eigenvalue weighted by atomic mass is 9.95. The van der Waals surface area contributed by atoms with Crippen LogP contribution in [0.1, 0.15) is 68.2 Å². The number of amides is 1. The van der Waals surface area contributed by atoms with E-state index in [1.165, 1.54) is 4.90 Å². The summed E-state index contributed by atoms with van der Waals surface area (Å²) in [7, 11) is 3.79. The molecule has 0 aromatic heterocycles. The molecule has 1 saturated heterocycles. The van der Waals surface area contributed by atoms with Crippen LogP contribution in [-0.4, -0.2) is 78.2 Å². The average Bonchev–Trinajstić information content (AvgIpc) is 2.51. The van der Waals surface area contributed by atoms with Crippen molar-refractivity contribution in [1.29, 1.82) is 0 Å². The van der Waals surface area contributed by atoms with Crippen molar-refractivity contribution < 1.29 is 28.2 Å². The topological polar surface area (TPSA) is 76.1 Å². The number of rotatable bonds is 4. The normalized spacial score (nSPS) is 17.7. The van der Waals surface area contributed by atoms with E-state index >= 15 is 0 Å². The number of esters is 1. The van der Waals surface area contributed by atoms with Gasteiger partial charge in [-0.15, -0.1) is 0 Å². The van der Waals surface area contributed by atoms with Crippen molar-refractivity contribution in [2.45, 2.75) is 91.1 Å². The largest absolute Gasteiger partial charge is 0.459 e. The number of alkyl halides is 1. The molecule has 30 heavy (non-hydrogen) atoms. The number of likely N-dealkylation sites (N-methyl/N-ethyl adjacent to an activating group) is 1. The summed E-state index contributed by atoms with van der Waals surface area (Å²) in [6.07, 6.45) is -0.00859. The first kappa shape index (κ1) is 28.3. The van der Waals surface area contributed by atoms with Gasteiger partial charge in [-0.2, -0.15) is 0 Å². The Bertz CT molecular complexity index is 563. The molecule has 1 aliphatic heterocycles. The Kier molecular flexibility index (Phi) is 10.4. The average molecular weight is 433 g/mol. The zero-order valence-electron chi connectivity index (χ0n) is 20.4. The number of aldehydes is 1. The summed E-state index contributed by atoms with van der Waals surface area (Å²) in [4.78, 5) is 37.2. The quantitative estimate of drug-likeness (QED) is 0.496. The number of piperidine rings is 1. The monoisotopic (exact) mass is 432 g/mol. The number of ether oxygens (including phenoxy) is 2. The van der Waals surface area contributed by atoms with Gasteiger partial charge in [-0.25, -0.2) is 9.18 Å². The van der Waals surface area contributed by atoms with Crippen molar-refractivity contribution in [1.82, 2.24) is 9.80 Å². The molecule has 8 heteroatoms. The second-order valence-corrected chi connectivity index (χ2v) is 10.3. The van der Waals surface area contributed by atoms with Gasteiger partial charge < -0.3 is 14.4 Å². The second-order valence-electron chi connectivity index (χ2n) is 10.3. The third-order valence-corrected chi connectivity index (χ3v) is 4.29. The van der Waals surface area contributed by atoms with Gasteiger partial charge in [0.1, 0.15) is 17.2 Å². The van der Waals surface area contributed by atoms with E-state index in [2.05, 4.69) is 0 Å². The SMILES string of the molecule is CC(C)(C)OC(=O)N1CCC(F)(C=O)CC1.CC(C)C(C(=O)OC(C)(C)C)N(C)C. The lowest BCUT2D eigenvalue weighted by Crippen LogP contribution is -2.46. The Morgan fingerprint density at radius 3 is 1.73 bits per heavy atom. The molecule has 0 aromatic carbocycles. The molecule has 0 aromatic rings. The van der Waals surface area contributed by atoms with Crippen molar-refractivity contribution in [3.05, 3.63) is 0 Å². The Hall–Kier alpha value is -1.70. The number of hydrogen-bond acceptors (Lipinski definition) is 6. The fourth-order valence-electron chi connectivity index (χ4n) is 2.95. The van der Waals surface area contributed by atoms with Gasteiger partial charge in [0, 0.05) is 25.9 Å². The van der Waals surface area contributed by atoms with Crippen LogP contribution >= 0.6 is 0 Å². The van der Waals surface area contributed by atoms with Crippen LogP contribution < -0.4 is 0 Å². The van der Waals surface area contributed by atoms with E-state index in [1.54, 1.807) is 20.8 Å². The molecule has 0 spiro atoms. The van der Waals surface area contributed by atoms with E-state index in [1.807, 2.05) is 53.6 Å². The minimum atomic E-state index is -1.77. The lowest BCUT2D eigenvalue weighted by Gasteiger charge is -2.34. The van der Waals surface area contributed by atoms with Gasteiger partial charge in [0.25, 0.3) is 0 Å². The Morgan fingerprint density at radius 1 is 1.00 bits per heavy atom. The number of hydrogen-bond donors (Lipinski definition) is 0. The molecule has 1 fully saturated rings. The van der Waals surface area contributed by atoms with Crippen LogP contribution in [0.4, 0.5) is 9.18 Å². The van der Waals surface area contributed by atoms with Crippen LogP contribution in [0.3, 0.4) is 0 Å². The zero-order valence-corrected chi connectivity index (χ0v) is 20.4. The highest BCUT2D eigenvalue weighted by molar-refractivity contribution is 5.76. The maximum absolute atomic E-state index is 13.5. The lowest BCUT2D eigenvalue weighted by molar-refractivity contribution is -0.162. The van der Waals surface area contributed by atoms with Gasteiger partial charge in [-0.3, -0.25) is 14.5 Å². The van der Waals surface area contributed by atoms with Gasteiger partial charge in [-0.1, -0.05) is 13.8 Å². The van der Waals surface area contributed by atoms with E-state index in [0.29, 0.717) is 6.29 Å². The minimum Gasteiger partial charge on any atom is -0.459 e. The predicted octanol–water partition coefficient (Wildman–Crippen LogP) is 3.84. The molecular weight excluding hydrogens is 391 g/mol. The summed E-state index contributed by atoms with van der Waals surface area (Å²) in [5, 5.41) is 0. The van der Waals surface area contributed by atoms with Crippen molar-refractivity contribution in [2.24, 2.45) is 5.92 Å². The highest BCUT2D eigenvalue weighted by atomic mass is 19.1. The molecule has 0 bridgehead atoms. The first-order chi connectivity index (χ1) is 13.4. The molecule has 7 nitrogen and oxygen atoms in total. The van der Waals surface area contributed by atoms with Gasteiger partial charge in [0.05, 0.1) is 0 Å². The summed E-state index contributed by atoms with van der Waals surface area (Å²) in [6.45, 7) is 15.5. The number of nitrogens with zero attached hydrogens (tertiary/aromatic N) is 2. The fraction of sp³-hybridized carbons (Fsp3) is 0.864. The van der Waals surface area contributed by atoms with Gasteiger partial charge in [0.2, 0.25) is 0 Å². The molecule has 1 rings (SSSR count). The van der Waals surface area contributed by atoms with Crippen molar-refractivity contribution in [3.63, 3.8) is 0 Å². The predicted molar refractivity (Wildman–Crippen MR) is 115 cm³/mol. The summed E-state index contributed by atoms with van der Waals surface area (Å²) >= 11 is 0. The highest BCUT2D eigenvalue weighted by Gasteiger charge is 2.36. The van der Waals surface area contributed by atoms with Crippen molar-refractivity contribution >= 4 is 18.3 Å². The van der Waals surface area contributed by atoms with E-state index in [4.69, 9.17) is 9.47 Å². The van der Waals surface area contributed by atoms with Gasteiger partial charge >= 0.3 is 12.1 Å². The first-order valence-corrected chi connectivity index (χ1v) is 10.4. The summed E-state index contributed by atoms with van der Waals surface area (Å²) in [6, 6.07) is -0.158. The maximum Gasteiger partial charge on any atom is 0.410 e. The third kappa shape index (κ3) is 10.9. The molecule has 0 saturated carbocycles. The van der Waals surface area contributed by atoms with Gasteiger partial charge in [0.15, 0.2) is 12.0 Å². The van der Waals surface area contributed by atoms with Crippen LogP contribution in [0.2, 0.25) is 0 Å². The van der Waals surface area contributed by atoms with E-state index in [0.717, 1.165) is 0 Å². The molecule has 1 atom stereocenters. The molecule has 1 unspecified atom stereocenters. The molecule has 0 N–H and O–H groups in total. The van der Waals surface area contributed by atoms with Crippen LogP contribution in [0.5, 0.6) is 0 Å². The van der Waals surface area contributed by atoms with Gasteiger partial charge in [-0.05, 0) is 61.6 Å². The first-order valence-electron chi connectivity index (χ1n) is 10.4. The molecule has 1 aliphatic rings. The molecule has 1 amide bonds. The number of halogens is 1. The molecule has 1 heterocycles. The summed E-state index contributed by atoms with van der Waals surface area (Å²) < 4.78 is 24.0. The third-order valence-electron chi connectivity index (χ3n) is 4.29. The molecule has 0 radical (unpaired) electrons. The number of likely N-dealkylation sites (tertiary alicyclic amines) is 1. The van der Waals surface area contributed by atoms with Crippen LogP contribution in [0.25, 0.3) is 0 Å². The number of carbonyl (C=O) groups is 3. The van der Waals surface area contributed by atoms with Crippen LogP contribution in [0.15, 0.2) is 0 Å². The molecule has 176 valence electrons. The van der Waals surface area contributed by atoms with Crippen molar-refractivity contribution in [3.8, 4) is 0 Å². The molecular formula is C22H41FN2O5. The maximum atomic E-state index is 13.5. The molecule has 0 aliphatic carbocycles. The number of carbonyl (C=O) groups excluding carboxylic acids is 3. The Morgan fingerprint density at radius 2 is 1.43 bits per heavy atom. The van der Waals surface area contributed by atoms with E-state index < -0.39 is 23.0 Å². The summed E-state index contributed by atoms with van der Waals surface area (Å²) in [5.41, 5.74) is -2.72. The Balaban J connectivity index is 0.000000567. The van der Waals surface area contributed by atoms with Crippen LogP contribution in [0, 0.1) is 5.92 Å². The Labute approximate surface area is 181 Å². The van der Waals surface area contributed by atoms with E-state index in [9.17, 15) is 18.8 Å². The van der Waals surface area contributed by atoms with E-state index in [-0.39, 0.29) is 43.9 Å². The summed E-state index contributed by atoms with van der Waals surface area (Å²) in [5.74, 6) is 0.123. The highest BCUT2D eigenvalue weighted by Crippen LogP contribution is 2.25. The van der Waals surface area contributed by atoms with Crippen molar-refractivity contribution in [2.75, 3.05) is 27.2 Å². The second kappa shape index (κ2) is 11.1. The minimum absolute atomic E-state index is 0.0513. The zero-order chi connectivity index (χ0) is 23.9.